The van der Waals surface area contributed by atoms with Crippen LogP contribution in [0, 0.1) is 12.3 Å². The molecule has 1 saturated heterocycles. The molecule has 4 rings (SSSR count). The maximum absolute atomic E-state index is 13.0. The number of hydrogen-bond acceptors (Lipinski definition) is 5. The summed E-state index contributed by atoms with van der Waals surface area (Å²) in [7, 11) is -1.69. The van der Waals surface area contributed by atoms with Gasteiger partial charge in [-0.15, -0.1) is 0 Å². The van der Waals surface area contributed by atoms with Gasteiger partial charge in [-0.1, -0.05) is 39.0 Å². The predicted octanol–water partition coefficient (Wildman–Crippen LogP) is 3.24. The Balaban J connectivity index is 1.38. The number of ether oxygens (including phenoxy) is 1. The molecule has 36 heavy (non-hydrogen) atoms. The third kappa shape index (κ3) is 5.74. The van der Waals surface area contributed by atoms with Crippen molar-refractivity contribution in [3.63, 3.8) is 0 Å². The molecule has 1 aliphatic rings. The molecule has 2 aromatic carbocycles. The number of hydrogen-bond donors (Lipinski definition) is 2. The summed E-state index contributed by atoms with van der Waals surface area (Å²) in [6, 6.07) is 16.8. The van der Waals surface area contributed by atoms with E-state index in [2.05, 4.69) is 9.71 Å². The lowest BCUT2D eigenvalue weighted by Gasteiger charge is -2.48. The molecular formula is C27H32N4O4S. The van der Waals surface area contributed by atoms with E-state index < -0.39 is 22.4 Å². The van der Waals surface area contributed by atoms with Crippen LogP contribution in [0.5, 0.6) is 5.75 Å². The van der Waals surface area contributed by atoms with Gasteiger partial charge in [0, 0.05) is 23.1 Å². The lowest BCUT2D eigenvalue weighted by atomic mass is 9.86. The van der Waals surface area contributed by atoms with Crippen LogP contribution in [0.25, 0.3) is 10.9 Å². The van der Waals surface area contributed by atoms with Crippen molar-refractivity contribution in [3.8, 4) is 5.75 Å². The molecule has 0 spiro atoms. The number of nitrogens with zero attached hydrogens (tertiary/aromatic N) is 2. The first-order valence-electron chi connectivity index (χ1n) is 11.8. The molecular weight excluding hydrogens is 476 g/mol. The van der Waals surface area contributed by atoms with E-state index in [0.717, 1.165) is 22.2 Å². The molecule has 3 aromatic rings. The Kier molecular flexibility index (Phi) is 7.15. The minimum atomic E-state index is -1.69. The summed E-state index contributed by atoms with van der Waals surface area (Å²) < 4.78 is 21.8. The zero-order valence-electron chi connectivity index (χ0n) is 21.0. The molecule has 2 amide bonds. The Labute approximate surface area is 213 Å². The first-order valence-corrected chi connectivity index (χ1v) is 13.0. The maximum Gasteiger partial charge on any atom is 0.242 e. The number of amides is 2. The van der Waals surface area contributed by atoms with Crippen LogP contribution in [0.4, 0.5) is 0 Å². The van der Waals surface area contributed by atoms with Crippen molar-refractivity contribution in [1.82, 2.24) is 14.6 Å². The molecule has 190 valence electrons. The number of nitrogens with two attached hydrogens (primary N) is 1. The monoisotopic (exact) mass is 508 g/mol. The fourth-order valence-corrected chi connectivity index (χ4v) is 5.27. The van der Waals surface area contributed by atoms with Gasteiger partial charge in [-0.2, -0.15) is 0 Å². The average molecular weight is 509 g/mol. The molecule has 0 aliphatic carbocycles. The predicted molar refractivity (Wildman–Crippen MR) is 139 cm³/mol. The largest absolute Gasteiger partial charge is 0.489 e. The van der Waals surface area contributed by atoms with Gasteiger partial charge in [-0.25, -0.2) is 8.93 Å². The van der Waals surface area contributed by atoms with Crippen LogP contribution in [0.15, 0.2) is 59.5 Å². The molecule has 1 aromatic heterocycles. The smallest absolute Gasteiger partial charge is 0.242 e. The molecule has 1 fully saturated rings. The molecule has 1 unspecified atom stereocenters. The summed E-state index contributed by atoms with van der Waals surface area (Å²) in [5, 5.41) is 1.04. The number of carbonyl (C=O) groups excluding carboxylic acids is 2. The molecule has 0 bridgehead atoms. The van der Waals surface area contributed by atoms with Crippen molar-refractivity contribution < 1.29 is 18.5 Å². The summed E-state index contributed by atoms with van der Waals surface area (Å²) in [6.45, 7) is 8.46. The summed E-state index contributed by atoms with van der Waals surface area (Å²) in [4.78, 5) is 31.2. The van der Waals surface area contributed by atoms with Crippen LogP contribution in [0.3, 0.4) is 0 Å². The second kappa shape index (κ2) is 9.99. The number of pyridine rings is 1. The quantitative estimate of drug-likeness (QED) is 0.485. The van der Waals surface area contributed by atoms with Crippen molar-refractivity contribution in [2.24, 2.45) is 11.1 Å². The number of carbonyl (C=O) groups is 2. The molecule has 0 saturated carbocycles. The Morgan fingerprint density at radius 3 is 2.44 bits per heavy atom. The van der Waals surface area contributed by atoms with Gasteiger partial charge >= 0.3 is 0 Å². The third-order valence-electron chi connectivity index (χ3n) is 6.08. The molecule has 2 heterocycles. The van der Waals surface area contributed by atoms with Crippen LogP contribution in [-0.4, -0.2) is 44.5 Å². The summed E-state index contributed by atoms with van der Waals surface area (Å²) >= 11 is 0. The minimum absolute atomic E-state index is 0.0503. The van der Waals surface area contributed by atoms with E-state index in [1.54, 1.807) is 29.2 Å². The van der Waals surface area contributed by atoms with Crippen molar-refractivity contribution in [2.75, 3.05) is 13.1 Å². The molecule has 3 N–H and O–H groups in total. The average Bonchev–Trinajstić information content (AvgIpc) is 2.78. The SMILES string of the molecule is Cc1cc(COc2ccc(S(=O)NC3(C(N)=O)CN(C(=O)CC(C)(C)C)C3)cc2)c2ccccc2n1. The van der Waals surface area contributed by atoms with Gasteiger partial charge < -0.3 is 15.4 Å². The van der Waals surface area contributed by atoms with E-state index in [1.807, 2.05) is 58.0 Å². The highest BCUT2D eigenvalue weighted by atomic mass is 32.2. The van der Waals surface area contributed by atoms with Crippen LogP contribution in [0.1, 0.15) is 38.4 Å². The number of rotatable bonds is 8. The molecule has 8 nitrogen and oxygen atoms in total. The summed E-state index contributed by atoms with van der Waals surface area (Å²) in [5.74, 6) is -0.0531. The summed E-state index contributed by atoms with van der Waals surface area (Å²) in [6.07, 6.45) is 0.362. The van der Waals surface area contributed by atoms with Gasteiger partial charge in [0.1, 0.15) is 28.9 Å². The van der Waals surface area contributed by atoms with E-state index in [9.17, 15) is 13.8 Å². The normalized spacial score (nSPS) is 15.8. The second-order valence-electron chi connectivity index (χ2n) is 10.5. The fourth-order valence-electron chi connectivity index (χ4n) is 4.19. The lowest BCUT2D eigenvalue weighted by molar-refractivity contribution is -0.146. The van der Waals surface area contributed by atoms with E-state index in [-0.39, 0.29) is 24.4 Å². The fraction of sp³-hybridized carbons (Fsp3) is 0.370. The van der Waals surface area contributed by atoms with Crippen molar-refractivity contribution in [1.29, 1.82) is 0 Å². The molecule has 0 radical (unpaired) electrons. The van der Waals surface area contributed by atoms with E-state index >= 15 is 0 Å². The highest BCUT2D eigenvalue weighted by molar-refractivity contribution is 7.83. The summed E-state index contributed by atoms with van der Waals surface area (Å²) in [5.41, 5.74) is 7.12. The first kappa shape index (κ1) is 25.8. The molecule has 1 aliphatic heterocycles. The third-order valence-corrected chi connectivity index (χ3v) is 7.35. The number of benzene rings is 2. The Bertz CT molecular complexity index is 1310. The second-order valence-corrected chi connectivity index (χ2v) is 11.7. The first-order chi connectivity index (χ1) is 17.0. The number of likely N-dealkylation sites (tertiary alicyclic amines) is 1. The Hall–Kier alpha value is -3.30. The van der Waals surface area contributed by atoms with Crippen LogP contribution in [-0.2, 0) is 27.2 Å². The lowest BCUT2D eigenvalue weighted by Crippen LogP contribution is -2.76. The van der Waals surface area contributed by atoms with Gasteiger partial charge in [-0.05, 0) is 48.7 Å². The minimum Gasteiger partial charge on any atom is -0.489 e. The maximum atomic E-state index is 13.0. The topological polar surface area (TPSA) is 115 Å². The van der Waals surface area contributed by atoms with Gasteiger partial charge in [0.2, 0.25) is 11.8 Å². The Morgan fingerprint density at radius 1 is 1.14 bits per heavy atom. The standard InChI is InChI=1S/C27H32N4O4S/c1-18-13-19(22-7-5-6-8-23(22)29-18)15-35-20-9-11-21(12-10-20)36(34)30-27(25(28)33)16-31(17-27)24(32)14-26(2,3)4/h5-13,30H,14-17H2,1-4H3,(H2,28,33). The van der Waals surface area contributed by atoms with Gasteiger partial charge in [0.15, 0.2) is 0 Å². The van der Waals surface area contributed by atoms with Crippen LogP contribution in [0.2, 0.25) is 0 Å². The number of para-hydroxylation sites is 1. The number of aryl methyl sites for hydroxylation is 1. The number of primary amides is 1. The zero-order valence-corrected chi connectivity index (χ0v) is 21.9. The van der Waals surface area contributed by atoms with Gasteiger partial charge in [0.05, 0.1) is 23.5 Å². The molecule has 9 heteroatoms. The highest BCUT2D eigenvalue weighted by Crippen LogP contribution is 2.28. The highest BCUT2D eigenvalue weighted by Gasteiger charge is 2.51. The van der Waals surface area contributed by atoms with E-state index in [4.69, 9.17) is 10.5 Å². The molecule has 1 atom stereocenters. The number of aromatic nitrogens is 1. The van der Waals surface area contributed by atoms with Crippen molar-refractivity contribution >= 4 is 33.7 Å². The zero-order chi connectivity index (χ0) is 26.1. The number of fused-ring (bicyclic) bond motifs is 1. The Morgan fingerprint density at radius 2 is 1.81 bits per heavy atom. The van der Waals surface area contributed by atoms with Gasteiger partial charge in [0.25, 0.3) is 0 Å². The number of nitrogens with one attached hydrogen (secondary N) is 1. The van der Waals surface area contributed by atoms with Crippen molar-refractivity contribution in [2.45, 2.75) is 51.2 Å². The van der Waals surface area contributed by atoms with Crippen LogP contribution < -0.4 is 15.2 Å². The van der Waals surface area contributed by atoms with Crippen molar-refractivity contribution in [3.05, 3.63) is 65.9 Å². The van der Waals surface area contributed by atoms with E-state index in [0.29, 0.717) is 23.7 Å². The van der Waals surface area contributed by atoms with E-state index in [1.165, 1.54) is 0 Å². The van der Waals surface area contributed by atoms with Gasteiger partial charge in [-0.3, -0.25) is 14.6 Å². The van der Waals surface area contributed by atoms with Crippen LogP contribution >= 0.6 is 0 Å².